The highest BCUT2D eigenvalue weighted by Crippen LogP contribution is 2.15. The van der Waals surface area contributed by atoms with E-state index in [1.165, 1.54) is 0 Å². The van der Waals surface area contributed by atoms with Crippen LogP contribution in [0.3, 0.4) is 0 Å². The minimum Gasteiger partial charge on any atom is -0.494 e. The molecule has 0 heterocycles. The molecule has 0 spiro atoms. The van der Waals surface area contributed by atoms with Crippen molar-refractivity contribution in [2.75, 3.05) is 13.2 Å². The molecule has 21 heavy (non-hydrogen) atoms. The van der Waals surface area contributed by atoms with E-state index in [1.807, 2.05) is 19.1 Å². The van der Waals surface area contributed by atoms with Crippen molar-refractivity contribution in [3.05, 3.63) is 29.8 Å². The van der Waals surface area contributed by atoms with Gasteiger partial charge in [0.1, 0.15) is 5.75 Å². The van der Waals surface area contributed by atoms with Crippen molar-refractivity contribution >= 4 is 11.8 Å². The number of ketones is 1. The lowest BCUT2D eigenvalue weighted by Gasteiger charge is -2.05. The summed E-state index contributed by atoms with van der Waals surface area (Å²) < 4.78 is 10.2. The van der Waals surface area contributed by atoms with E-state index < -0.39 is 0 Å². The fourth-order valence-electron chi connectivity index (χ4n) is 2.01. The van der Waals surface area contributed by atoms with Crippen LogP contribution in [-0.2, 0) is 9.53 Å². The van der Waals surface area contributed by atoms with Crippen LogP contribution in [-0.4, -0.2) is 25.0 Å². The quantitative estimate of drug-likeness (QED) is 0.374. The molecule has 4 heteroatoms. The Labute approximate surface area is 126 Å². The predicted octanol–water partition coefficient (Wildman–Crippen LogP) is 3.78. The zero-order chi connectivity index (χ0) is 15.5. The van der Waals surface area contributed by atoms with Crippen molar-refractivity contribution < 1.29 is 19.1 Å². The third-order valence-electron chi connectivity index (χ3n) is 3.08. The second-order valence-corrected chi connectivity index (χ2v) is 4.75. The molecule has 1 aromatic rings. The number of Topliss-reactive ketones (excluding diaryl/α,β-unsaturated/α-hetero) is 1. The van der Waals surface area contributed by atoms with E-state index in [2.05, 4.69) is 0 Å². The molecule has 0 aliphatic rings. The Morgan fingerprint density at radius 2 is 1.57 bits per heavy atom. The molecule has 0 aliphatic carbocycles. The van der Waals surface area contributed by atoms with Gasteiger partial charge in [0.2, 0.25) is 0 Å². The summed E-state index contributed by atoms with van der Waals surface area (Å²) in [6.45, 7) is 4.77. The lowest BCUT2D eigenvalue weighted by atomic mass is 10.0. The van der Waals surface area contributed by atoms with E-state index in [4.69, 9.17) is 9.47 Å². The second-order valence-electron chi connectivity index (χ2n) is 4.75. The summed E-state index contributed by atoms with van der Waals surface area (Å²) in [4.78, 5) is 23.1. The Kier molecular flexibility index (Phi) is 8.17. The van der Waals surface area contributed by atoms with Crippen molar-refractivity contribution in [1.29, 1.82) is 0 Å². The van der Waals surface area contributed by atoms with Gasteiger partial charge in [0.05, 0.1) is 13.2 Å². The molecule has 0 amide bonds. The maximum Gasteiger partial charge on any atom is 0.305 e. The normalized spacial score (nSPS) is 10.2. The van der Waals surface area contributed by atoms with E-state index in [0.29, 0.717) is 31.6 Å². The predicted molar refractivity (Wildman–Crippen MR) is 81.7 cm³/mol. The van der Waals surface area contributed by atoms with Gasteiger partial charge in [0, 0.05) is 18.4 Å². The van der Waals surface area contributed by atoms with E-state index in [-0.39, 0.29) is 11.8 Å². The molecule has 116 valence electrons. The fourth-order valence-corrected chi connectivity index (χ4v) is 2.01. The molecule has 0 unspecified atom stereocenters. The first-order chi connectivity index (χ1) is 10.2. The Balaban J connectivity index is 2.23. The van der Waals surface area contributed by atoms with Gasteiger partial charge in [-0.05, 0) is 51.0 Å². The molecule has 0 bridgehead atoms. The van der Waals surface area contributed by atoms with Gasteiger partial charge in [-0.15, -0.1) is 0 Å². The summed E-state index contributed by atoms with van der Waals surface area (Å²) in [5, 5.41) is 0. The summed E-state index contributed by atoms with van der Waals surface area (Å²) >= 11 is 0. The van der Waals surface area contributed by atoms with Gasteiger partial charge in [-0.3, -0.25) is 9.59 Å². The average molecular weight is 292 g/mol. The van der Waals surface area contributed by atoms with Crippen LogP contribution in [0.15, 0.2) is 24.3 Å². The number of carbonyl (C=O) groups is 2. The van der Waals surface area contributed by atoms with E-state index in [9.17, 15) is 9.59 Å². The molecule has 0 radical (unpaired) electrons. The molecule has 1 rings (SSSR count). The molecule has 0 saturated carbocycles. The highest BCUT2D eigenvalue weighted by atomic mass is 16.5. The molecule has 0 saturated heterocycles. The number of unbranched alkanes of at least 4 members (excludes halogenated alkanes) is 2. The third kappa shape index (κ3) is 6.93. The fraction of sp³-hybridized carbons (Fsp3) is 0.529. The van der Waals surface area contributed by atoms with Gasteiger partial charge in [-0.25, -0.2) is 0 Å². The second kappa shape index (κ2) is 9.97. The van der Waals surface area contributed by atoms with Crippen molar-refractivity contribution in [3.63, 3.8) is 0 Å². The van der Waals surface area contributed by atoms with Crippen LogP contribution in [0.4, 0.5) is 0 Å². The number of rotatable bonds is 10. The van der Waals surface area contributed by atoms with Gasteiger partial charge in [-0.1, -0.05) is 6.42 Å². The minimum absolute atomic E-state index is 0.134. The van der Waals surface area contributed by atoms with Crippen LogP contribution in [0.5, 0.6) is 5.75 Å². The van der Waals surface area contributed by atoms with Gasteiger partial charge in [0.25, 0.3) is 0 Å². The Morgan fingerprint density at radius 3 is 2.19 bits per heavy atom. The SMILES string of the molecule is CCOC(=O)CCCCCC(=O)c1ccc(OCC)cc1. The summed E-state index contributed by atoms with van der Waals surface area (Å²) in [6.07, 6.45) is 3.38. The van der Waals surface area contributed by atoms with Gasteiger partial charge in [-0.2, -0.15) is 0 Å². The molecule has 4 nitrogen and oxygen atoms in total. The van der Waals surface area contributed by atoms with Crippen molar-refractivity contribution in [1.82, 2.24) is 0 Å². The third-order valence-corrected chi connectivity index (χ3v) is 3.08. The zero-order valence-corrected chi connectivity index (χ0v) is 12.9. The molecule has 0 aromatic heterocycles. The van der Waals surface area contributed by atoms with E-state index in [0.717, 1.165) is 25.0 Å². The summed E-state index contributed by atoms with van der Waals surface area (Å²) in [5.74, 6) is 0.757. The Bertz CT molecular complexity index is 437. The summed E-state index contributed by atoms with van der Waals surface area (Å²) in [7, 11) is 0. The number of ether oxygens (including phenoxy) is 2. The Hall–Kier alpha value is -1.84. The highest BCUT2D eigenvalue weighted by molar-refractivity contribution is 5.96. The highest BCUT2D eigenvalue weighted by Gasteiger charge is 2.06. The number of hydrogen-bond donors (Lipinski definition) is 0. The number of hydrogen-bond acceptors (Lipinski definition) is 4. The molecule has 0 fully saturated rings. The van der Waals surface area contributed by atoms with Crippen LogP contribution in [0.25, 0.3) is 0 Å². The maximum atomic E-state index is 12.0. The van der Waals surface area contributed by atoms with Crippen LogP contribution in [0.1, 0.15) is 56.3 Å². The lowest BCUT2D eigenvalue weighted by molar-refractivity contribution is -0.143. The van der Waals surface area contributed by atoms with Crippen molar-refractivity contribution in [3.8, 4) is 5.75 Å². The molecular formula is C17H24O4. The first-order valence-electron chi connectivity index (χ1n) is 7.59. The molecule has 0 N–H and O–H groups in total. The number of carbonyl (C=O) groups excluding carboxylic acids is 2. The standard InChI is InChI=1S/C17H24O4/c1-3-20-15-12-10-14(11-13-15)16(18)8-6-5-7-9-17(19)21-4-2/h10-13H,3-9H2,1-2H3. The first kappa shape index (κ1) is 17.2. The smallest absolute Gasteiger partial charge is 0.305 e. The monoisotopic (exact) mass is 292 g/mol. The maximum absolute atomic E-state index is 12.0. The zero-order valence-electron chi connectivity index (χ0n) is 12.9. The van der Waals surface area contributed by atoms with Crippen LogP contribution in [0.2, 0.25) is 0 Å². The van der Waals surface area contributed by atoms with E-state index >= 15 is 0 Å². The molecule has 1 aromatic carbocycles. The first-order valence-corrected chi connectivity index (χ1v) is 7.59. The molecule has 0 atom stereocenters. The minimum atomic E-state index is -0.157. The molecular weight excluding hydrogens is 268 g/mol. The van der Waals surface area contributed by atoms with Gasteiger partial charge < -0.3 is 9.47 Å². The number of esters is 1. The molecule has 0 aliphatic heterocycles. The summed E-state index contributed by atoms with van der Waals surface area (Å²) in [5.41, 5.74) is 0.712. The van der Waals surface area contributed by atoms with Crippen molar-refractivity contribution in [2.45, 2.75) is 46.0 Å². The van der Waals surface area contributed by atoms with Gasteiger partial charge in [0.15, 0.2) is 5.78 Å². The average Bonchev–Trinajstić information content (AvgIpc) is 2.48. The largest absolute Gasteiger partial charge is 0.494 e. The lowest BCUT2D eigenvalue weighted by Crippen LogP contribution is -2.03. The topological polar surface area (TPSA) is 52.6 Å². The van der Waals surface area contributed by atoms with Crippen LogP contribution >= 0.6 is 0 Å². The van der Waals surface area contributed by atoms with Crippen LogP contribution < -0.4 is 4.74 Å². The van der Waals surface area contributed by atoms with Gasteiger partial charge >= 0.3 is 5.97 Å². The van der Waals surface area contributed by atoms with Crippen LogP contribution in [0, 0.1) is 0 Å². The van der Waals surface area contributed by atoms with Crippen molar-refractivity contribution in [2.24, 2.45) is 0 Å². The summed E-state index contributed by atoms with van der Waals surface area (Å²) in [6, 6.07) is 7.23. The Morgan fingerprint density at radius 1 is 0.905 bits per heavy atom. The number of benzene rings is 1. The van der Waals surface area contributed by atoms with E-state index in [1.54, 1.807) is 19.1 Å².